The van der Waals surface area contributed by atoms with E-state index in [0.29, 0.717) is 5.69 Å². The summed E-state index contributed by atoms with van der Waals surface area (Å²) in [4.78, 5) is 23.2. The number of benzene rings is 2. The van der Waals surface area contributed by atoms with Gasteiger partial charge in [0.2, 0.25) is 15.9 Å². The molecule has 0 atom stereocenters. The zero-order valence-electron chi connectivity index (χ0n) is 14.3. The lowest BCUT2D eigenvalue weighted by Gasteiger charge is -2.11. The number of nitrogens with two attached hydrogens (primary N) is 1. The number of primary amides is 1. The van der Waals surface area contributed by atoms with Gasteiger partial charge in [-0.3, -0.25) is 9.59 Å². The Morgan fingerprint density at radius 1 is 1.12 bits per heavy atom. The average molecular weight is 377 g/mol. The van der Waals surface area contributed by atoms with Crippen molar-refractivity contribution in [2.45, 2.75) is 11.3 Å². The molecule has 0 saturated carbocycles. The number of nitrogens with one attached hydrogen (secondary N) is 2. The second-order valence-corrected chi connectivity index (χ2v) is 7.22. The molecule has 0 aliphatic heterocycles. The Balaban J connectivity index is 2.24. The number of ether oxygens (including phenoxy) is 1. The lowest BCUT2D eigenvalue weighted by Crippen LogP contribution is -2.20. The summed E-state index contributed by atoms with van der Waals surface area (Å²) in [5.41, 5.74) is 6.51. The van der Waals surface area contributed by atoms with E-state index in [1.165, 1.54) is 32.4 Å². The van der Waals surface area contributed by atoms with Gasteiger partial charge in [0.05, 0.1) is 13.5 Å². The van der Waals surface area contributed by atoms with E-state index in [4.69, 9.17) is 10.5 Å². The fourth-order valence-electron chi connectivity index (χ4n) is 2.25. The minimum atomic E-state index is -3.79. The van der Waals surface area contributed by atoms with Gasteiger partial charge in [0.1, 0.15) is 10.6 Å². The number of hydrogen-bond donors (Lipinski definition) is 3. The van der Waals surface area contributed by atoms with Crippen molar-refractivity contribution in [1.29, 1.82) is 0 Å². The highest BCUT2D eigenvalue weighted by atomic mass is 32.2. The number of hydrogen-bond acceptors (Lipinski definition) is 5. The van der Waals surface area contributed by atoms with Crippen molar-refractivity contribution in [1.82, 2.24) is 4.72 Å². The Labute approximate surface area is 151 Å². The molecule has 0 heterocycles. The first kappa shape index (κ1) is 19.4. The smallest absolute Gasteiger partial charge is 0.255 e. The molecule has 0 aliphatic carbocycles. The third-order valence-corrected chi connectivity index (χ3v) is 5.01. The third-order valence-electron chi connectivity index (χ3n) is 3.57. The molecule has 0 unspecified atom stereocenters. The maximum Gasteiger partial charge on any atom is 0.255 e. The van der Waals surface area contributed by atoms with Crippen LogP contribution in [-0.2, 0) is 21.2 Å². The van der Waals surface area contributed by atoms with Crippen LogP contribution >= 0.6 is 0 Å². The van der Waals surface area contributed by atoms with Crippen LogP contribution in [0.5, 0.6) is 5.75 Å². The van der Waals surface area contributed by atoms with Crippen LogP contribution in [0.25, 0.3) is 0 Å². The van der Waals surface area contributed by atoms with Crippen molar-refractivity contribution >= 4 is 27.5 Å². The van der Waals surface area contributed by atoms with Gasteiger partial charge in [-0.15, -0.1) is 0 Å². The molecule has 0 radical (unpaired) electrons. The Bertz CT molecular complexity index is 924. The summed E-state index contributed by atoms with van der Waals surface area (Å²) >= 11 is 0. The Kier molecular flexibility index (Phi) is 5.96. The predicted molar refractivity (Wildman–Crippen MR) is 96.5 cm³/mol. The van der Waals surface area contributed by atoms with E-state index >= 15 is 0 Å². The number of anilines is 1. The van der Waals surface area contributed by atoms with Gasteiger partial charge in [-0.25, -0.2) is 13.1 Å². The molecule has 0 aliphatic rings. The predicted octanol–water partition coefficient (Wildman–Crippen LogP) is 0.883. The largest absolute Gasteiger partial charge is 0.495 e. The first-order valence-electron chi connectivity index (χ1n) is 7.57. The van der Waals surface area contributed by atoms with Gasteiger partial charge in [-0.2, -0.15) is 0 Å². The molecule has 0 saturated heterocycles. The maximum absolute atomic E-state index is 12.4. The molecule has 2 aromatic rings. The van der Waals surface area contributed by atoms with E-state index < -0.39 is 21.8 Å². The van der Waals surface area contributed by atoms with Gasteiger partial charge in [0.25, 0.3) is 5.91 Å². The number of amides is 2. The van der Waals surface area contributed by atoms with Crippen LogP contribution in [0.4, 0.5) is 5.69 Å². The maximum atomic E-state index is 12.4. The molecule has 138 valence electrons. The molecular formula is C17H19N3O5S. The topological polar surface area (TPSA) is 128 Å². The molecule has 2 rings (SSSR count). The van der Waals surface area contributed by atoms with Gasteiger partial charge in [0, 0.05) is 11.3 Å². The van der Waals surface area contributed by atoms with Crippen molar-refractivity contribution in [2.24, 2.45) is 5.73 Å². The average Bonchev–Trinajstić information content (AvgIpc) is 2.62. The number of carbonyl (C=O) groups excluding carboxylic acids is 2. The van der Waals surface area contributed by atoms with Crippen LogP contribution in [0.1, 0.15) is 15.9 Å². The van der Waals surface area contributed by atoms with Gasteiger partial charge in [0.15, 0.2) is 0 Å². The highest BCUT2D eigenvalue weighted by Gasteiger charge is 2.20. The fraction of sp³-hybridized carbons (Fsp3) is 0.176. The SMILES string of the molecule is CNS(=O)(=O)c1cc(C(=O)Nc2ccc(CC(N)=O)cc2)ccc1OC. The van der Waals surface area contributed by atoms with Crippen LogP contribution in [0.3, 0.4) is 0 Å². The molecule has 2 aromatic carbocycles. The minimum absolute atomic E-state index is 0.109. The van der Waals surface area contributed by atoms with E-state index in [2.05, 4.69) is 10.0 Å². The molecule has 0 bridgehead atoms. The first-order valence-corrected chi connectivity index (χ1v) is 9.05. The van der Waals surface area contributed by atoms with Crippen molar-refractivity contribution < 1.29 is 22.7 Å². The Hall–Kier alpha value is -2.91. The van der Waals surface area contributed by atoms with Crippen molar-refractivity contribution in [2.75, 3.05) is 19.5 Å². The van der Waals surface area contributed by atoms with Crippen LogP contribution in [0.2, 0.25) is 0 Å². The van der Waals surface area contributed by atoms with E-state index in [1.807, 2.05) is 0 Å². The lowest BCUT2D eigenvalue weighted by atomic mass is 10.1. The quantitative estimate of drug-likeness (QED) is 0.660. The number of carbonyl (C=O) groups is 2. The standard InChI is InChI=1S/C17H19N3O5S/c1-19-26(23,24)15-10-12(5-8-14(15)25-2)17(22)20-13-6-3-11(4-7-13)9-16(18)21/h3-8,10,19H,9H2,1-2H3,(H2,18,21)(H,20,22). The second kappa shape index (κ2) is 7.98. The minimum Gasteiger partial charge on any atom is -0.495 e. The number of methoxy groups -OCH3 is 1. The van der Waals surface area contributed by atoms with E-state index in [0.717, 1.165) is 5.56 Å². The fourth-order valence-corrected chi connectivity index (χ4v) is 3.17. The van der Waals surface area contributed by atoms with Crippen LogP contribution in [-0.4, -0.2) is 34.4 Å². The van der Waals surface area contributed by atoms with Crippen LogP contribution in [0, 0.1) is 0 Å². The molecule has 9 heteroatoms. The van der Waals surface area contributed by atoms with Crippen LogP contribution in [0.15, 0.2) is 47.4 Å². The Morgan fingerprint density at radius 3 is 2.31 bits per heavy atom. The van der Waals surface area contributed by atoms with Crippen molar-refractivity contribution in [3.05, 3.63) is 53.6 Å². The van der Waals surface area contributed by atoms with Gasteiger partial charge < -0.3 is 15.8 Å². The highest BCUT2D eigenvalue weighted by Crippen LogP contribution is 2.25. The second-order valence-electron chi connectivity index (χ2n) is 5.37. The lowest BCUT2D eigenvalue weighted by molar-refractivity contribution is -0.117. The number of sulfonamides is 1. The molecule has 2 amide bonds. The zero-order valence-corrected chi connectivity index (χ0v) is 15.1. The molecule has 0 spiro atoms. The summed E-state index contributed by atoms with van der Waals surface area (Å²) in [5, 5.41) is 2.66. The van der Waals surface area contributed by atoms with Gasteiger partial charge in [-0.05, 0) is 42.9 Å². The van der Waals surface area contributed by atoms with E-state index in [-0.39, 0.29) is 22.6 Å². The molecule has 0 fully saturated rings. The molecule has 4 N–H and O–H groups in total. The summed E-state index contributed by atoms with van der Waals surface area (Å²) < 4.78 is 31.4. The molecule has 8 nitrogen and oxygen atoms in total. The molecule has 0 aromatic heterocycles. The van der Waals surface area contributed by atoms with Gasteiger partial charge >= 0.3 is 0 Å². The van der Waals surface area contributed by atoms with Crippen LogP contribution < -0.4 is 20.5 Å². The molecule has 26 heavy (non-hydrogen) atoms. The summed E-state index contributed by atoms with van der Waals surface area (Å²) in [6.45, 7) is 0. The number of rotatable bonds is 7. The highest BCUT2D eigenvalue weighted by molar-refractivity contribution is 7.89. The monoisotopic (exact) mass is 377 g/mol. The van der Waals surface area contributed by atoms with Gasteiger partial charge in [-0.1, -0.05) is 12.1 Å². The Morgan fingerprint density at radius 2 is 1.77 bits per heavy atom. The normalized spacial score (nSPS) is 11.0. The van der Waals surface area contributed by atoms with Crippen molar-refractivity contribution in [3.63, 3.8) is 0 Å². The van der Waals surface area contributed by atoms with Crippen molar-refractivity contribution in [3.8, 4) is 5.75 Å². The summed E-state index contributed by atoms with van der Waals surface area (Å²) in [6.07, 6.45) is 0.109. The summed E-state index contributed by atoms with van der Waals surface area (Å²) in [6, 6.07) is 10.7. The van der Waals surface area contributed by atoms with E-state index in [9.17, 15) is 18.0 Å². The zero-order chi connectivity index (χ0) is 19.3. The summed E-state index contributed by atoms with van der Waals surface area (Å²) in [7, 11) is -1.17. The van der Waals surface area contributed by atoms with E-state index in [1.54, 1.807) is 24.3 Å². The third kappa shape index (κ3) is 4.58. The molecular weight excluding hydrogens is 358 g/mol. The summed E-state index contributed by atoms with van der Waals surface area (Å²) in [5.74, 6) is -0.798. The first-order chi connectivity index (χ1) is 12.3.